The van der Waals surface area contributed by atoms with Gasteiger partial charge in [-0.05, 0) is 61.5 Å². The first-order chi connectivity index (χ1) is 10.1. The molecule has 1 unspecified atom stereocenters. The summed E-state index contributed by atoms with van der Waals surface area (Å²) in [6.07, 6.45) is 3.05. The van der Waals surface area contributed by atoms with Crippen molar-refractivity contribution in [3.63, 3.8) is 0 Å². The van der Waals surface area contributed by atoms with Crippen molar-refractivity contribution in [2.75, 3.05) is 0 Å². The number of benzene rings is 1. The number of fused-ring (bicyclic) bond motifs is 1. The van der Waals surface area contributed by atoms with E-state index in [1.165, 1.54) is 16.5 Å². The van der Waals surface area contributed by atoms with E-state index in [2.05, 4.69) is 52.1 Å². The van der Waals surface area contributed by atoms with Gasteiger partial charge in [-0.1, -0.05) is 12.1 Å². The summed E-state index contributed by atoms with van der Waals surface area (Å²) in [5.41, 5.74) is 10.6. The fourth-order valence-corrected chi connectivity index (χ4v) is 2.75. The van der Waals surface area contributed by atoms with Crippen molar-refractivity contribution in [3.8, 4) is 0 Å². The lowest BCUT2D eigenvalue weighted by atomic mass is 10.1. The van der Waals surface area contributed by atoms with Crippen molar-refractivity contribution in [2.45, 2.75) is 32.9 Å². The van der Waals surface area contributed by atoms with E-state index in [-0.39, 0.29) is 6.04 Å². The van der Waals surface area contributed by atoms with Crippen LogP contribution in [0.3, 0.4) is 0 Å². The molecule has 0 aliphatic rings. The lowest BCUT2D eigenvalue weighted by Crippen LogP contribution is -2.17. The molecule has 2 N–H and O–H groups in total. The minimum absolute atomic E-state index is 0.195. The minimum Gasteiger partial charge on any atom is -0.341 e. The molecule has 1 aromatic carbocycles. The summed E-state index contributed by atoms with van der Waals surface area (Å²) >= 11 is 0. The van der Waals surface area contributed by atoms with Gasteiger partial charge in [0.1, 0.15) is 0 Å². The van der Waals surface area contributed by atoms with E-state index < -0.39 is 0 Å². The summed E-state index contributed by atoms with van der Waals surface area (Å²) in [5.74, 6) is 0. The molecule has 21 heavy (non-hydrogen) atoms. The summed E-state index contributed by atoms with van der Waals surface area (Å²) in [6, 6.07) is 15.1. The summed E-state index contributed by atoms with van der Waals surface area (Å²) in [4.78, 5) is 4.57. The Bertz CT molecular complexity index is 756. The standard InChI is InChI=1S/C18H21N3/c1-13(19)10-15-6-7-18-16(11-15)8-9-21(18)12-17-5-3-4-14(2)20-17/h3-9,11,13H,10,12,19H2,1-2H3. The van der Waals surface area contributed by atoms with Crippen LogP contribution < -0.4 is 5.73 Å². The zero-order chi connectivity index (χ0) is 14.8. The SMILES string of the molecule is Cc1cccc(Cn2ccc3cc(CC(C)N)ccc32)n1. The molecule has 3 nitrogen and oxygen atoms in total. The average molecular weight is 279 g/mol. The van der Waals surface area contributed by atoms with Gasteiger partial charge < -0.3 is 10.3 Å². The molecule has 3 heteroatoms. The summed E-state index contributed by atoms with van der Waals surface area (Å²) in [6.45, 7) is 4.87. The third kappa shape index (κ3) is 3.14. The lowest BCUT2D eigenvalue weighted by Gasteiger charge is -2.08. The Labute approximate surface area is 125 Å². The number of rotatable bonds is 4. The number of hydrogen-bond donors (Lipinski definition) is 1. The Balaban J connectivity index is 1.90. The first-order valence-electron chi connectivity index (χ1n) is 7.38. The number of aryl methyl sites for hydroxylation is 1. The van der Waals surface area contributed by atoms with Crippen LogP contribution in [0.5, 0.6) is 0 Å². The van der Waals surface area contributed by atoms with E-state index in [1.807, 2.05) is 19.9 Å². The Kier molecular flexibility index (Phi) is 3.76. The topological polar surface area (TPSA) is 43.8 Å². The number of pyridine rings is 1. The largest absolute Gasteiger partial charge is 0.341 e. The molecular formula is C18H21N3. The predicted octanol–water partition coefficient (Wildman–Crippen LogP) is 3.28. The predicted molar refractivity (Wildman–Crippen MR) is 87.4 cm³/mol. The van der Waals surface area contributed by atoms with E-state index in [4.69, 9.17) is 5.73 Å². The molecule has 2 aromatic heterocycles. The van der Waals surface area contributed by atoms with E-state index in [0.29, 0.717) is 0 Å². The number of hydrogen-bond acceptors (Lipinski definition) is 2. The molecule has 1 atom stereocenters. The summed E-state index contributed by atoms with van der Waals surface area (Å²) in [5, 5.41) is 1.26. The number of nitrogens with two attached hydrogens (primary N) is 1. The Morgan fingerprint density at radius 3 is 2.81 bits per heavy atom. The van der Waals surface area contributed by atoms with Crippen molar-refractivity contribution < 1.29 is 0 Å². The molecule has 3 aromatic rings. The van der Waals surface area contributed by atoms with Crippen molar-refractivity contribution in [1.29, 1.82) is 0 Å². The van der Waals surface area contributed by atoms with E-state index in [0.717, 1.165) is 24.4 Å². The van der Waals surface area contributed by atoms with Crippen LogP contribution in [0.4, 0.5) is 0 Å². The van der Waals surface area contributed by atoms with Gasteiger partial charge in [0, 0.05) is 23.4 Å². The van der Waals surface area contributed by atoms with Crippen LogP contribution in [0.15, 0.2) is 48.7 Å². The van der Waals surface area contributed by atoms with Gasteiger partial charge in [0.25, 0.3) is 0 Å². The zero-order valence-corrected chi connectivity index (χ0v) is 12.6. The van der Waals surface area contributed by atoms with Crippen molar-refractivity contribution >= 4 is 10.9 Å². The maximum absolute atomic E-state index is 5.88. The van der Waals surface area contributed by atoms with Crippen LogP contribution in [0.25, 0.3) is 10.9 Å². The maximum Gasteiger partial charge on any atom is 0.0648 e. The van der Waals surface area contributed by atoms with Crippen molar-refractivity contribution in [2.24, 2.45) is 5.73 Å². The zero-order valence-electron chi connectivity index (χ0n) is 12.6. The first-order valence-corrected chi connectivity index (χ1v) is 7.38. The molecule has 0 aliphatic heterocycles. The second kappa shape index (κ2) is 5.70. The minimum atomic E-state index is 0.195. The highest BCUT2D eigenvalue weighted by Crippen LogP contribution is 2.19. The molecule has 0 saturated heterocycles. The number of aromatic nitrogens is 2. The Morgan fingerprint density at radius 1 is 1.19 bits per heavy atom. The third-order valence-electron chi connectivity index (χ3n) is 3.67. The molecular weight excluding hydrogens is 258 g/mol. The molecule has 0 saturated carbocycles. The van der Waals surface area contributed by atoms with Crippen molar-refractivity contribution in [1.82, 2.24) is 9.55 Å². The Morgan fingerprint density at radius 2 is 2.05 bits per heavy atom. The van der Waals surface area contributed by atoms with Crippen LogP contribution in [0.2, 0.25) is 0 Å². The van der Waals surface area contributed by atoms with E-state index >= 15 is 0 Å². The molecule has 108 valence electrons. The molecule has 0 amide bonds. The highest BCUT2D eigenvalue weighted by atomic mass is 15.0. The summed E-state index contributed by atoms with van der Waals surface area (Å²) < 4.78 is 2.24. The van der Waals surface area contributed by atoms with Gasteiger partial charge in [-0.3, -0.25) is 4.98 Å². The van der Waals surface area contributed by atoms with Gasteiger partial charge in [0.05, 0.1) is 12.2 Å². The highest BCUT2D eigenvalue weighted by Gasteiger charge is 2.05. The monoisotopic (exact) mass is 279 g/mol. The van der Waals surface area contributed by atoms with E-state index in [1.54, 1.807) is 0 Å². The van der Waals surface area contributed by atoms with Gasteiger partial charge in [-0.25, -0.2) is 0 Å². The van der Waals surface area contributed by atoms with Crippen LogP contribution in [-0.4, -0.2) is 15.6 Å². The molecule has 0 aliphatic carbocycles. The highest BCUT2D eigenvalue weighted by molar-refractivity contribution is 5.81. The van der Waals surface area contributed by atoms with Crippen molar-refractivity contribution in [3.05, 3.63) is 65.6 Å². The second-order valence-corrected chi connectivity index (χ2v) is 5.79. The lowest BCUT2D eigenvalue weighted by molar-refractivity contribution is 0.738. The quantitative estimate of drug-likeness (QED) is 0.796. The first kappa shape index (κ1) is 13.8. The van der Waals surface area contributed by atoms with Crippen LogP contribution in [0, 0.1) is 6.92 Å². The van der Waals surface area contributed by atoms with Gasteiger partial charge in [-0.2, -0.15) is 0 Å². The van der Waals surface area contributed by atoms with Crippen LogP contribution in [-0.2, 0) is 13.0 Å². The molecule has 0 fully saturated rings. The fraction of sp³-hybridized carbons (Fsp3) is 0.278. The third-order valence-corrected chi connectivity index (χ3v) is 3.67. The van der Waals surface area contributed by atoms with Gasteiger partial charge in [0.15, 0.2) is 0 Å². The van der Waals surface area contributed by atoms with Crippen LogP contribution >= 0.6 is 0 Å². The molecule has 0 bridgehead atoms. The normalized spacial score (nSPS) is 12.7. The van der Waals surface area contributed by atoms with Crippen LogP contribution in [0.1, 0.15) is 23.9 Å². The molecule has 0 spiro atoms. The second-order valence-electron chi connectivity index (χ2n) is 5.79. The smallest absolute Gasteiger partial charge is 0.0648 e. The summed E-state index contributed by atoms with van der Waals surface area (Å²) in [7, 11) is 0. The fourth-order valence-electron chi connectivity index (χ4n) is 2.75. The average Bonchev–Trinajstić information content (AvgIpc) is 2.81. The van der Waals surface area contributed by atoms with Gasteiger partial charge in [0.2, 0.25) is 0 Å². The van der Waals surface area contributed by atoms with Gasteiger partial charge >= 0.3 is 0 Å². The van der Waals surface area contributed by atoms with Gasteiger partial charge in [-0.15, -0.1) is 0 Å². The molecule has 3 rings (SSSR count). The maximum atomic E-state index is 5.88. The Hall–Kier alpha value is -2.13. The van der Waals surface area contributed by atoms with E-state index in [9.17, 15) is 0 Å². The number of nitrogens with zero attached hydrogens (tertiary/aromatic N) is 2. The molecule has 0 radical (unpaired) electrons. The molecule has 2 heterocycles.